The van der Waals surface area contributed by atoms with Gasteiger partial charge in [0.05, 0.1) is 6.54 Å². The van der Waals surface area contributed by atoms with Crippen LogP contribution in [0.25, 0.3) is 0 Å². The van der Waals surface area contributed by atoms with E-state index in [2.05, 4.69) is 10.3 Å². The zero-order valence-corrected chi connectivity index (χ0v) is 15.0. The van der Waals surface area contributed by atoms with Crippen molar-refractivity contribution < 1.29 is 28.5 Å². The first-order valence-corrected chi connectivity index (χ1v) is 8.42. The summed E-state index contributed by atoms with van der Waals surface area (Å²) in [4.78, 5) is 11.3. The maximum Gasteiger partial charge on any atom is 0.273 e. The summed E-state index contributed by atoms with van der Waals surface area (Å²) in [6, 6.07) is 0. The van der Waals surface area contributed by atoms with Crippen LogP contribution in [0.1, 0.15) is 38.2 Å². The van der Waals surface area contributed by atoms with Crippen LogP contribution in [0.2, 0.25) is 0 Å². The normalized spacial score (nSPS) is 37.3. The Morgan fingerprint density at radius 3 is 2.35 bits per heavy atom. The van der Waals surface area contributed by atoms with Crippen molar-refractivity contribution >= 4 is 11.7 Å². The van der Waals surface area contributed by atoms with Gasteiger partial charge in [-0.1, -0.05) is 5.21 Å². The summed E-state index contributed by atoms with van der Waals surface area (Å²) in [7, 11) is 0. The van der Waals surface area contributed by atoms with Gasteiger partial charge in [0.2, 0.25) is 0 Å². The molecule has 0 radical (unpaired) electrons. The molecular formula is C15H23N5O6. The molecule has 5 atom stereocenters. The third-order valence-corrected chi connectivity index (χ3v) is 4.61. The van der Waals surface area contributed by atoms with Crippen molar-refractivity contribution in [3.8, 4) is 0 Å². The maximum atomic E-state index is 11.3. The number of hydrogen-bond donors (Lipinski definition) is 2. The van der Waals surface area contributed by atoms with Gasteiger partial charge in [0.15, 0.2) is 29.4 Å². The summed E-state index contributed by atoms with van der Waals surface area (Å²) in [5.74, 6) is -2.26. The average molecular weight is 369 g/mol. The van der Waals surface area contributed by atoms with Crippen molar-refractivity contribution in [2.45, 2.75) is 76.5 Å². The van der Waals surface area contributed by atoms with Crippen molar-refractivity contribution in [3.63, 3.8) is 0 Å². The third-order valence-electron chi connectivity index (χ3n) is 4.61. The van der Waals surface area contributed by atoms with E-state index in [1.165, 1.54) is 4.68 Å². The molecule has 11 heteroatoms. The monoisotopic (exact) mass is 369 g/mol. The number of nitrogens with two attached hydrogens (primary N) is 2. The Labute approximate surface area is 149 Å². The van der Waals surface area contributed by atoms with Crippen LogP contribution in [0.15, 0.2) is 0 Å². The standard InChI is InChI=1S/C15H23N5O6/c1-14(2)23-8-6(5-20-11(16)7(12(17)21)18-19-20)22-13-10(9(8)24-14)25-15(3,4)26-13/h6,8-10,13H,5,16H2,1-4H3,(H2,17,21)/t6-,8+,9+,10-,13-/m1/s1. The number of carbonyl (C=O) groups excluding carboxylic acids is 1. The Balaban J connectivity index is 1.61. The highest BCUT2D eigenvalue weighted by Gasteiger charge is 2.60. The molecule has 0 unspecified atom stereocenters. The van der Waals surface area contributed by atoms with Gasteiger partial charge in [0.25, 0.3) is 5.91 Å². The lowest BCUT2D eigenvalue weighted by molar-refractivity contribution is -0.236. The highest BCUT2D eigenvalue weighted by Crippen LogP contribution is 2.44. The van der Waals surface area contributed by atoms with E-state index < -0.39 is 42.1 Å². The molecule has 1 aromatic heterocycles. The Morgan fingerprint density at radius 2 is 1.69 bits per heavy atom. The lowest BCUT2D eigenvalue weighted by atomic mass is 9.99. The molecule has 3 aliphatic rings. The molecule has 3 aliphatic heterocycles. The molecule has 0 saturated carbocycles. The van der Waals surface area contributed by atoms with Gasteiger partial charge in [0, 0.05) is 0 Å². The first-order valence-electron chi connectivity index (χ1n) is 8.42. The fourth-order valence-electron chi connectivity index (χ4n) is 3.64. The van der Waals surface area contributed by atoms with E-state index >= 15 is 0 Å². The molecule has 4 rings (SSSR count). The smallest absolute Gasteiger partial charge is 0.273 e. The molecule has 0 spiro atoms. The van der Waals surface area contributed by atoms with Crippen molar-refractivity contribution in [2.24, 2.45) is 5.73 Å². The number of rotatable bonds is 3. The lowest BCUT2D eigenvalue weighted by Crippen LogP contribution is -2.56. The second kappa shape index (κ2) is 5.60. The summed E-state index contributed by atoms with van der Waals surface area (Å²) in [5, 5.41) is 7.60. The highest BCUT2D eigenvalue weighted by molar-refractivity contribution is 5.94. The van der Waals surface area contributed by atoms with Crippen LogP contribution < -0.4 is 11.5 Å². The largest absolute Gasteiger partial charge is 0.382 e. The van der Waals surface area contributed by atoms with Crippen LogP contribution in [0.3, 0.4) is 0 Å². The van der Waals surface area contributed by atoms with Crippen molar-refractivity contribution in [1.82, 2.24) is 15.0 Å². The molecular weight excluding hydrogens is 346 g/mol. The van der Waals surface area contributed by atoms with Gasteiger partial charge in [-0.2, -0.15) is 0 Å². The van der Waals surface area contributed by atoms with E-state index in [-0.39, 0.29) is 24.2 Å². The van der Waals surface area contributed by atoms with E-state index in [0.717, 1.165) is 0 Å². The molecule has 3 fully saturated rings. The van der Waals surface area contributed by atoms with Crippen LogP contribution >= 0.6 is 0 Å². The Morgan fingerprint density at radius 1 is 1.08 bits per heavy atom. The zero-order chi connectivity index (χ0) is 18.9. The first-order chi connectivity index (χ1) is 12.1. The minimum atomic E-state index is -0.797. The van der Waals surface area contributed by atoms with Gasteiger partial charge < -0.3 is 35.2 Å². The predicted molar refractivity (Wildman–Crippen MR) is 85.5 cm³/mol. The maximum absolute atomic E-state index is 11.3. The van der Waals surface area contributed by atoms with E-state index in [9.17, 15) is 4.79 Å². The first kappa shape index (κ1) is 17.6. The minimum Gasteiger partial charge on any atom is -0.382 e. The molecule has 3 saturated heterocycles. The number of amides is 1. The summed E-state index contributed by atoms with van der Waals surface area (Å²) < 4.78 is 31.3. The number of ether oxygens (including phenoxy) is 5. The number of hydrogen-bond acceptors (Lipinski definition) is 9. The van der Waals surface area contributed by atoms with Crippen LogP contribution in [0.5, 0.6) is 0 Å². The SMILES string of the molecule is CC1(C)O[C@H]2[C@@H](O1)[C@@H](Cn1nnc(C(N)=O)c1N)O[C@@H]1OC(C)(C)O[C@@H]12. The number of primary amides is 1. The minimum absolute atomic E-state index is 0.0712. The Hall–Kier alpha value is -1.79. The summed E-state index contributed by atoms with van der Waals surface area (Å²) in [5.41, 5.74) is 11.1. The third kappa shape index (κ3) is 2.85. The summed E-state index contributed by atoms with van der Waals surface area (Å²) in [6.07, 6.45) is -2.33. The second-order valence-electron chi connectivity index (χ2n) is 7.58. The number of nitrogens with zero attached hydrogens (tertiary/aromatic N) is 3. The van der Waals surface area contributed by atoms with Crippen molar-refractivity contribution in [1.29, 1.82) is 0 Å². The predicted octanol–water partition coefficient (Wildman–Crippen LogP) is -0.644. The van der Waals surface area contributed by atoms with Gasteiger partial charge in [0.1, 0.15) is 24.4 Å². The molecule has 1 amide bonds. The van der Waals surface area contributed by atoms with Crippen LogP contribution in [-0.4, -0.2) is 63.2 Å². The molecule has 4 N–H and O–H groups in total. The van der Waals surface area contributed by atoms with E-state index in [4.69, 9.17) is 35.2 Å². The number of aromatic nitrogens is 3. The molecule has 0 aromatic carbocycles. The molecule has 0 aliphatic carbocycles. The summed E-state index contributed by atoms with van der Waals surface area (Å²) >= 11 is 0. The lowest BCUT2D eigenvalue weighted by Gasteiger charge is -2.37. The fraction of sp³-hybridized carbons (Fsp3) is 0.800. The van der Waals surface area contributed by atoms with Gasteiger partial charge in [-0.25, -0.2) is 4.68 Å². The van der Waals surface area contributed by atoms with Gasteiger partial charge in [-0.15, -0.1) is 5.10 Å². The highest BCUT2D eigenvalue weighted by atomic mass is 16.9. The van der Waals surface area contributed by atoms with E-state index in [1.807, 2.05) is 27.7 Å². The van der Waals surface area contributed by atoms with Gasteiger partial charge in [-0.3, -0.25) is 4.79 Å². The topological polar surface area (TPSA) is 146 Å². The second-order valence-corrected chi connectivity index (χ2v) is 7.58. The van der Waals surface area contributed by atoms with Gasteiger partial charge >= 0.3 is 0 Å². The van der Waals surface area contributed by atoms with Crippen LogP contribution in [0, 0.1) is 0 Å². The quantitative estimate of drug-likeness (QED) is 0.710. The number of fused-ring (bicyclic) bond motifs is 3. The molecule has 144 valence electrons. The fourth-order valence-corrected chi connectivity index (χ4v) is 3.64. The number of anilines is 1. The molecule has 0 bridgehead atoms. The van der Waals surface area contributed by atoms with Crippen molar-refractivity contribution in [2.75, 3.05) is 5.73 Å². The van der Waals surface area contributed by atoms with E-state index in [0.29, 0.717) is 0 Å². The molecule has 11 nitrogen and oxygen atoms in total. The molecule has 4 heterocycles. The van der Waals surface area contributed by atoms with Gasteiger partial charge in [-0.05, 0) is 27.7 Å². The Kier molecular flexibility index (Phi) is 3.80. The van der Waals surface area contributed by atoms with Crippen LogP contribution in [0.4, 0.5) is 5.82 Å². The average Bonchev–Trinajstić information content (AvgIpc) is 3.12. The number of nitrogen functional groups attached to an aromatic ring is 1. The molecule has 1 aromatic rings. The number of carbonyl (C=O) groups is 1. The molecule has 26 heavy (non-hydrogen) atoms. The van der Waals surface area contributed by atoms with E-state index in [1.54, 1.807) is 0 Å². The Bertz CT molecular complexity index is 734. The van der Waals surface area contributed by atoms with Crippen LogP contribution in [-0.2, 0) is 30.2 Å². The van der Waals surface area contributed by atoms with Crippen molar-refractivity contribution in [3.05, 3.63) is 5.69 Å². The zero-order valence-electron chi connectivity index (χ0n) is 15.0. The summed E-state index contributed by atoms with van der Waals surface area (Å²) in [6.45, 7) is 7.48.